The number of rotatable bonds is 3. The van der Waals surface area contributed by atoms with Gasteiger partial charge < -0.3 is 5.73 Å². The summed E-state index contributed by atoms with van der Waals surface area (Å²) in [5.74, 6) is -0.619. The highest BCUT2D eigenvalue weighted by Crippen LogP contribution is 2.23. The fourth-order valence-electron chi connectivity index (χ4n) is 2.72. The smallest absolute Gasteiger partial charge is 0.167 e. The lowest BCUT2D eigenvalue weighted by Gasteiger charge is -2.06. The molecule has 0 bridgehead atoms. The molecule has 0 amide bonds. The first-order valence-electron chi connectivity index (χ1n) is 6.82. The van der Waals surface area contributed by atoms with Crippen molar-refractivity contribution in [2.75, 3.05) is 5.73 Å². The number of anilines is 1. The molecule has 102 valence electrons. The average Bonchev–Trinajstić information content (AvgIpc) is 2.89. The molecule has 1 aliphatic carbocycles. The second-order valence-electron chi connectivity index (χ2n) is 5.29. The first-order chi connectivity index (χ1) is 9.63. The SMILES string of the molecule is Nc1ccc(C(=O)Cc2ccc3c(c2)CCC3)cc1F. The molecule has 2 aromatic carbocycles. The van der Waals surface area contributed by atoms with Crippen LogP contribution < -0.4 is 5.73 Å². The molecular formula is C17H16FNO. The molecule has 2 nitrogen and oxygen atoms in total. The van der Waals surface area contributed by atoms with Gasteiger partial charge >= 0.3 is 0 Å². The van der Waals surface area contributed by atoms with E-state index >= 15 is 0 Å². The second kappa shape index (κ2) is 5.08. The molecule has 2 N–H and O–H groups in total. The monoisotopic (exact) mass is 269 g/mol. The van der Waals surface area contributed by atoms with Crippen molar-refractivity contribution >= 4 is 11.5 Å². The molecule has 3 heteroatoms. The Bertz CT molecular complexity index is 679. The van der Waals surface area contributed by atoms with Crippen LogP contribution >= 0.6 is 0 Å². The largest absolute Gasteiger partial charge is 0.396 e. The minimum atomic E-state index is -0.537. The Morgan fingerprint density at radius 3 is 2.70 bits per heavy atom. The van der Waals surface area contributed by atoms with Crippen molar-refractivity contribution in [2.24, 2.45) is 0 Å². The zero-order valence-electron chi connectivity index (χ0n) is 11.2. The van der Waals surface area contributed by atoms with Gasteiger partial charge in [-0.05, 0) is 54.2 Å². The van der Waals surface area contributed by atoms with E-state index in [1.807, 2.05) is 6.07 Å². The molecule has 20 heavy (non-hydrogen) atoms. The van der Waals surface area contributed by atoms with Crippen molar-refractivity contribution in [2.45, 2.75) is 25.7 Å². The number of carbonyl (C=O) groups excluding carboxylic acids is 1. The van der Waals surface area contributed by atoms with E-state index in [2.05, 4.69) is 12.1 Å². The van der Waals surface area contributed by atoms with Crippen molar-refractivity contribution in [1.29, 1.82) is 0 Å². The maximum Gasteiger partial charge on any atom is 0.167 e. The molecule has 0 spiro atoms. The minimum absolute atomic E-state index is 0.0686. The number of Topliss-reactive ketones (excluding diaryl/α,β-unsaturated/α-hetero) is 1. The van der Waals surface area contributed by atoms with E-state index in [1.165, 1.54) is 29.7 Å². The molecule has 0 aliphatic heterocycles. The van der Waals surface area contributed by atoms with Crippen molar-refractivity contribution in [3.05, 3.63) is 64.5 Å². The van der Waals surface area contributed by atoms with Crippen LogP contribution in [0.5, 0.6) is 0 Å². The summed E-state index contributed by atoms with van der Waals surface area (Å²) in [5, 5.41) is 0. The highest BCUT2D eigenvalue weighted by molar-refractivity contribution is 5.97. The predicted octanol–water partition coefficient (Wildman–Crippen LogP) is 3.32. The summed E-state index contributed by atoms with van der Waals surface area (Å²) in [6, 6.07) is 10.4. The molecule has 2 aromatic rings. The molecule has 0 aromatic heterocycles. The van der Waals surface area contributed by atoms with E-state index in [0.29, 0.717) is 12.0 Å². The molecule has 0 heterocycles. The Labute approximate surface area is 117 Å². The van der Waals surface area contributed by atoms with Crippen LogP contribution in [0.15, 0.2) is 36.4 Å². The maximum atomic E-state index is 13.4. The maximum absolute atomic E-state index is 13.4. The molecule has 0 atom stereocenters. The fraction of sp³-hybridized carbons (Fsp3) is 0.235. The molecule has 1 aliphatic rings. The number of nitrogen functional groups attached to an aromatic ring is 1. The number of aryl methyl sites for hydroxylation is 2. The number of ketones is 1. The molecule has 0 saturated carbocycles. The number of fused-ring (bicyclic) bond motifs is 1. The van der Waals surface area contributed by atoms with E-state index in [4.69, 9.17) is 5.73 Å². The third-order valence-electron chi connectivity index (χ3n) is 3.85. The van der Waals surface area contributed by atoms with E-state index in [-0.39, 0.29) is 11.5 Å². The second-order valence-corrected chi connectivity index (χ2v) is 5.29. The zero-order valence-corrected chi connectivity index (χ0v) is 11.2. The van der Waals surface area contributed by atoms with E-state index in [9.17, 15) is 9.18 Å². The Morgan fingerprint density at radius 1 is 1.10 bits per heavy atom. The molecule has 0 unspecified atom stereocenters. The summed E-state index contributed by atoms with van der Waals surface area (Å²) >= 11 is 0. The summed E-state index contributed by atoms with van der Waals surface area (Å²) in [7, 11) is 0. The number of halogens is 1. The lowest BCUT2D eigenvalue weighted by Crippen LogP contribution is -2.05. The topological polar surface area (TPSA) is 43.1 Å². The van der Waals surface area contributed by atoms with Gasteiger partial charge in [0.2, 0.25) is 0 Å². The third-order valence-corrected chi connectivity index (χ3v) is 3.85. The normalized spacial score (nSPS) is 13.2. The molecule has 0 radical (unpaired) electrons. The number of benzene rings is 2. The average molecular weight is 269 g/mol. The number of nitrogens with two attached hydrogens (primary N) is 1. The van der Waals surface area contributed by atoms with Crippen LogP contribution in [0.4, 0.5) is 10.1 Å². The van der Waals surface area contributed by atoms with Crippen LogP contribution in [0.25, 0.3) is 0 Å². The van der Waals surface area contributed by atoms with Crippen LogP contribution in [-0.4, -0.2) is 5.78 Å². The summed E-state index contributed by atoms with van der Waals surface area (Å²) < 4.78 is 13.4. The van der Waals surface area contributed by atoms with E-state index in [0.717, 1.165) is 18.4 Å². The van der Waals surface area contributed by atoms with Crippen molar-refractivity contribution in [3.63, 3.8) is 0 Å². The number of carbonyl (C=O) groups is 1. The van der Waals surface area contributed by atoms with Gasteiger partial charge in [-0.15, -0.1) is 0 Å². The quantitative estimate of drug-likeness (QED) is 0.686. The Hall–Kier alpha value is -2.16. The Morgan fingerprint density at radius 2 is 1.90 bits per heavy atom. The zero-order chi connectivity index (χ0) is 14.1. The van der Waals surface area contributed by atoms with Gasteiger partial charge in [0.25, 0.3) is 0 Å². The standard InChI is InChI=1S/C17H16FNO/c18-15-10-14(6-7-16(15)19)17(20)9-11-4-5-12-2-1-3-13(12)8-11/h4-8,10H,1-3,9,19H2. The van der Waals surface area contributed by atoms with Gasteiger partial charge in [0.1, 0.15) is 5.82 Å². The first-order valence-corrected chi connectivity index (χ1v) is 6.82. The van der Waals surface area contributed by atoms with Crippen LogP contribution in [0.1, 0.15) is 33.5 Å². The van der Waals surface area contributed by atoms with Gasteiger partial charge in [-0.1, -0.05) is 18.2 Å². The highest BCUT2D eigenvalue weighted by Gasteiger charge is 2.13. The van der Waals surface area contributed by atoms with Crippen LogP contribution in [0.3, 0.4) is 0 Å². The first kappa shape index (κ1) is 12.9. The van der Waals surface area contributed by atoms with Crippen LogP contribution in [0.2, 0.25) is 0 Å². The van der Waals surface area contributed by atoms with Crippen molar-refractivity contribution in [1.82, 2.24) is 0 Å². The van der Waals surface area contributed by atoms with Gasteiger partial charge in [0, 0.05) is 12.0 Å². The summed E-state index contributed by atoms with van der Waals surface area (Å²) in [6.45, 7) is 0. The van der Waals surface area contributed by atoms with Crippen LogP contribution in [0, 0.1) is 5.82 Å². The molecule has 0 fully saturated rings. The van der Waals surface area contributed by atoms with E-state index < -0.39 is 5.82 Å². The summed E-state index contributed by atoms with van der Waals surface area (Å²) in [6.07, 6.45) is 3.72. The van der Waals surface area contributed by atoms with Gasteiger partial charge in [-0.3, -0.25) is 4.79 Å². The lowest BCUT2D eigenvalue weighted by atomic mass is 9.99. The van der Waals surface area contributed by atoms with Crippen LogP contribution in [-0.2, 0) is 19.3 Å². The Balaban J connectivity index is 1.80. The van der Waals surface area contributed by atoms with Gasteiger partial charge in [0.15, 0.2) is 5.78 Å². The number of hydrogen-bond acceptors (Lipinski definition) is 2. The molecule has 0 saturated heterocycles. The van der Waals surface area contributed by atoms with E-state index in [1.54, 1.807) is 6.07 Å². The van der Waals surface area contributed by atoms with Crippen molar-refractivity contribution < 1.29 is 9.18 Å². The minimum Gasteiger partial charge on any atom is -0.396 e. The molecule has 3 rings (SSSR count). The van der Waals surface area contributed by atoms with Crippen molar-refractivity contribution in [3.8, 4) is 0 Å². The summed E-state index contributed by atoms with van der Waals surface area (Å²) in [5.41, 5.74) is 9.59. The van der Waals surface area contributed by atoms with Gasteiger partial charge in [0.05, 0.1) is 5.69 Å². The van der Waals surface area contributed by atoms with Gasteiger partial charge in [-0.2, -0.15) is 0 Å². The lowest BCUT2D eigenvalue weighted by molar-refractivity contribution is 0.0992. The van der Waals surface area contributed by atoms with Gasteiger partial charge in [-0.25, -0.2) is 4.39 Å². The number of hydrogen-bond donors (Lipinski definition) is 1. The fourth-order valence-corrected chi connectivity index (χ4v) is 2.72. The third kappa shape index (κ3) is 2.44. The Kier molecular flexibility index (Phi) is 3.26. The predicted molar refractivity (Wildman–Crippen MR) is 77.3 cm³/mol. The molecular weight excluding hydrogens is 253 g/mol. The summed E-state index contributed by atoms with van der Waals surface area (Å²) in [4.78, 5) is 12.2. The highest BCUT2D eigenvalue weighted by atomic mass is 19.1.